The Morgan fingerprint density at radius 2 is 2.00 bits per heavy atom. The molecule has 2 aliphatic rings. The zero-order valence-electron chi connectivity index (χ0n) is 12.0. The molecule has 2 rings (SSSR count). The molecule has 0 radical (unpaired) electrons. The first-order valence-electron chi connectivity index (χ1n) is 6.94. The molecule has 0 aromatic rings. The molecular formula is C14H23NO4. The fraction of sp³-hybridized carbons (Fsp3) is 0.857. The summed E-state index contributed by atoms with van der Waals surface area (Å²) in [7, 11) is 0. The Balaban J connectivity index is 2.15. The summed E-state index contributed by atoms with van der Waals surface area (Å²) >= 11 is 0. The van der Waals surface area contributed by atoms with E-state index in [1.165, 1.54) is 0 Å². The van der Waals surface area contributed by atoms with Crippen molar-refractivity contribution in [3.63, 3.8) is 0 Å². The van der Waals surface area contributed by atoms with E-state index in [2.05, 4.69) is 0 Å². The molecule has 1 unspecified atom stereocenters. The Kier molecular flexibility index (Phi) is 3.85. The van der Waals surface area contributed by atoms with E-state index >= 15 is 0 Å². The van der Waals surface area contributed by atoms with Crippen molar-refractivity contribution in [2.75, 3.05) is 13.2 Å². The van der Waals surface area contributed by atoms with Crippen molar-refractivity contribution < 1.29 is 19.1 Å². The van der Waals surface area contributed by atoms with Gasteiger partial charge in [-0.15, -0.1) is 0 Å². The van der Waals surface area contributed by atoms with E-state index in [4.69, 9.17) is 9.47 Å². The van der Waals surface area contributed by atoms with E-state index in [9.17, 15) is 9.59 Å². The highest BCUT2D eigenvalue weighted by Gasteiger charge is 2.48. The van der Waals surface area contributed by atoms with Crippen molar-refractivity contribution in [2.24, 2.45) is 0 Å². The molecule has 0 aromatic carbocycles. The second kappa shape index (κ2) is 5.12. The molecule has 1 amide bonds. The number of amides is 1. The van der Waals surface area contributed by atoms with Gasteiger partial charge in [0.1, 0.15) is 11.7 Å². The SMILES string of the molecule is CC(C)(C)OC(=O)N1CC(C=O)OCC12CCCC2. The molecule has 1 aliphatic carbocycles. The number of morpholine rings is 1. The Bertz CT molecular complexity index is 355. The minimum atomic E-state index is -0.529. The first kappa shape index (κ1) is 14.3. The van der Waals surface area contributed by atoms with Crippen molar-refractivity contribution in [2.45, 2.75) is 63.7 Å². The molecule has 2 fully saturated rings. The van der Waals surface area contributed by atoms with E-state index in [0.717, 1.165) is 32.0 Å². The molecule has 1 atom stereocenters. The second-order valence-corrected chi connectivity index (χ2v) is 6.51. The van der Waals surface area contributed by atoms with Crippen LogP contribution >= 0.6 is 0 Å². The van der Waals surface area contributed by atoms with Crippen LogP contribution < -0.4 is 0 Å². The Labute approximate surface area is 114 Å². The Morgan fingerprint density at radius 1 is 1.37 bits per heavy atom. The third kappa shape index (κ3) is 3.08. The number of hydrogen-bond donors (Lipinski definition) is 0. The Morgan fingerprint density at radius 3 is 2.53 bits per heavy atom. The van der Waals surface area contributed by atoms with Gasteiger partial charge in [-0.3, -0.25) is 4.90 Å². The minimum Gasteiger partial charge on any atom is -0.444 e. The zero-order valence-corrected chi connectivity index (χ0v) is 12.0. The van der Waals surface area contributed by atoms with Gasteiger partial charge in [-0.1, -0.05) is 12.8 Å². The average Bonchev–Trinajstić information content (AvgIpc) is 2.76. The van der Waals surface area contributed by atoms with Crippen LogP contribution in [0.3, 0.4) is 0 Å². The maximum absolute atomic E-state index is 12.4. The summed E-state index contributed by atoms with van der Waals surface area (Å²) in [5.41, 5.74) is -0.784. The molecule has 108 valence electrons. The molecule has 5 heteroatoms. The molecule has 5 nitrogen and oxygen atoms in total. The number of rotatable bonds is 1. The van der Waals surface area contributed by atoms with E-state index in [0.29, 0.717) is 13.2 Å². The van der Waals surface area contributed by atoms with Gasteiger partial charge in [0.15, 0.2) is 6.29 Å². The van der Waals surface area contributed by atoms with Crippen LogP contribution in [0.25, 0.3) is 0 Å². The highest BCUT2D eigenvalue weighted by atomic mass is 16.6. The van der Waals surface area contributed by atoms with Crippen LogP contribution in [0.2, 0.25) is 0 Å². The molecule has 1 heterocycles. The van der Waals surface area contributed by atoms with Crippen molar-refractivity contribution in [3.05, 3.63) is 0 Å². The average molecular weight is 269 g/mol. The lowest BCUT2D eigenvalue weighted by molar-refractivity contribution is -0.136. The van der Waals surface area contributed by atoms with Gasteiger partial charge >= 0.3 is 6.09 Å². The summed E-state index contributed by atoms with van der Waals surface area (Å²) in [5, 5.41) is 0. The number of hydrogen-bond acceptors (Lipinski definition) is 4. The summed E-state index contributed by atoms with van der Waals surface area (Å²) in [4.78, 5) is 25.0. The summed E-state index contributed by atoms with van der Waals surface area (Å²) in [6.07, 6.45) is 3.95. The molecule has 19 heavy (non-hydrogen) atoms. The topological polar surface area (TPSA) is 55.8 Å². The highest BCUT2D eigenvalue weighted by Crippen LogP contribution is 2.39. The summed E-state index contributed by atoms with van der Waals surface area (Å²) < 4.78 is 11.0. The molecular weight excluding hydrogens is 246 g/mol. The second-order valence-electron chi connectivity index (χ2n) is 6.51. The predicted molar refractivity (Wildman–Crippen MR) is 69.9 cm³/mol. The molecule has 1 saturated carbocycles. The van der Waals surface area contributed by atoms with Crippen LogP contribution in [-0.4, -0.2) is 47.7 Å². The van der Waals surface area contributed by atoms with Crippen LogP contribution in [0.1, 0.15) is 46.5 Å². The normalized spacial score (nSPS) is 26.5. The van der Waals surface area contributed by atoms with Crippen molar-refractivity contribution in [1.82, 2.24) is 4.90 Å². The summed E-state index contributed by atoms with van der Waals surface area (Å²) in [5.74, 6) is 0. The maximum Gasteiger partial charge on any atom is 0.410 e. The Hall–Kier alpha value is -1.10. The zero-order chi connectivity index (χ0) is 14.1. The van der Waals surface area contributed by atoms with Gasteiger partial charge in [-0.2, -0.15) is 0 Å². The summed E-state index contributed by atoms with van der Waals surface area (Å²) in [6.45, 7) is 6.30. The number of carbonyl (C=O) groups is 2. The van der Waals surface area contributed by atoms with E-state index in [1.807, 2.05) is 20.8 Å². The van der Waals surface area contributed by atoms with Crippen LogP contribution in [-0.2, 0) is 14.3 Å². The molecule has 0 N–H and O–H groups in total. The van der Waals surface area contributed by atoms with Gasteiger partial charge in [0.05, 0.1) is 18.7 Å². The van der Waals surface area contributed by atoms with Crippen molar-refractivity contribution in [3.8, 4) is 0 Å². The smallest absolute Gasteiger partial charge is 0.410 e. The van der Waals surface area contributed by atoms with Gasteiger partial charge in [-0.05, 0) is 33.6 Å². The molecule has 0 aromatic heterocycles. The van der Waals surface area contributed by atoms with Crippen LogP contribution in [0, 0.1) is 0 Å². The molecule has 1 saturated heterocycles. The van der Waals surface area contributed by atoms with Crippen molar-refractivity contribution >= 4 is 12.4 Å². The first-order valence-corrected chi connectivity index (χ1v) is 6.94. The van der Waals surface area contributed by atoms with Gasteiger partial charge in [-0.25, -0.2) is 4.79 Å². The van der Waals surface area contributed by atoms with Gasteiger partial charge in [0.25, 0.3) is 0 Å². The number of ether oxygens (including phenoxy) is 2. The van der Waals surface area contributed by atoms with Gasteiger partial charge < -0.3 is 14.3 Å². The standard InChI is InChI=1S/C14H23NO4/c1-13(2,3)19-12(17)15-8-11(9-16)18-10-14(15)6-4-5-7-14/h9,11H,4-8,10H2,1-3H3. The molecule has 1 aliphatic heterocycles. The van der Waals surface area contributed by atoms with Gasteiger partial charge in [0.2, 0.25) is 0 Å². The first-order chi connectivity index (χ1) is 8.86. The quantitative estimate of drug-likeness (QED) is 0.684. The fourth-order valence-corrected chi connectivity index (χ4v) is 2.88. The van der Waals surface area contributed by atoms with Crippen molar-refractivity contribution in [1.29, 1.82) is 0 Å². The highest BCUT2D eigenvalue weighted by molar-refractivity contribution is 5.71. The van der Waals surface area contributed by atoms with E-state index in [1.54, 1.807) is 4.90 Å². The molecule has 0 bridgehead atoms. The number of aldehydes is 1. The summed E-state index contributed by atoms with van der Waals surface area (Å²) in [6, 6.07) is 0. The monoisotopic (exact) mass is 269 g/mol. The minimum absolute atomic E-state index is 0.262. The van der Waals surface area contributed by atoms with E-state index < -0.39 is 11.7 Å². The third-order valence-corrected chi connectivity index (χ3v) is 3.80. The lowest BCUT2D eigenvalue weighted by Gasteiger charge is -2.46. The van der Waals surface area contributed by atoms with E-state index in [-0.39, 0.29) is 11.6 Å². The fourth-order valence-electron chi connectivity index (χ4n) is 2.88. The number of carbonyl (C=O) groups excluding carboxylic acids is 2. The lowest BCUT2D eigenvalue weighted by atomic mass is 9.94. The molecule has 1 spiro atoms. The van der Waals surface area contributed by atoms with Gasteiger partial charge in [0, 0.05) is 0 Å². The van der Waals surface area contributed by atoms with Crippen LogP contribution in [0.5, 0.6) is 0 Å². The lowest BCUT2D eigenvalue weighted by Crippen LogP contribution is -2.61. The maximum atomic E-state index is 12.4. The number of nitrogens with zero attached hydrogens (tertiary/aromatic N) is 1. The van der Waals surface area contributed by atoms with Crippen LogP contribution in [0.15, 0.2) is 0 Å². The predicted octanol–water partition coefficient (Wildman–Crippen LogP) is 2.13. The third-order valence-electron chi connectivity index (χ3n) is 3.80. The van der Waals surface area contributed by atoms with Crippen LogP contribution in [0.4, 0.5) is 4.79 Å². The largest absolute Gasteiger partial charge is 0.444 e.